The summed E-state index contributed by atoms with van der Waals surface area (Å²) >= 11 is 0. The molecule has 1 fully saturated rings. The van der Waals surface area contributed by atoms with Gasteiger partial charge in [0, 0.05) is 20.6 Å². The molecular weight excluding hydrogens is 318 g/mol. The van der Waals surface area contributed by atoms with Crippen molar-refractivity contribution < 1.29 is 4.90 Å². The Labute approximate surface area is 147 Å². The third-order valence-electron chi connectivity index (χ3n) is 5.63. The van der Waals surface area contributed by atoms with Crippen LogP contribution in [0.4, 0.5) is 0 Å². The maximum atomic E-state index is 12.7. The molecule has 0 aromatic carbocycles. The van der Waals surface area contributed by atoms with E-state index < -0.39 is 0 Å². The molecular formula is C18H30N5O2+. The Bertz CT molecular complexity index is 876. The molecule has 1 unspecified atom stereocenters. The Morgan fingerprint density at radius 2 is 1.92 bits per heavy atom. The maximum Gasteiger partial charge on any atom is 0.332 e. The molecule has 0 aliphatic carbocycles. The maximum absolute atomic E-state index is 12.7. The van der Waals surface area contributed by atoms with Gasteiger partial charge in [-0.3, -0.25) is 13.9 Å². The second-order valence-electron chi connectivity index (χ2n) is 7.24. The van der Waals surface area contributed by atoms with Crippen LogP contribution in [-0.2, 0) is 27.2 Å². The Morgan fingerprint density at radius 1 is 1.16 bits per heavy atom. The minimum atomic E-state index is -0.318. The van der Waals surface area contributed by atoms with Gasteiger partial charge in [-0.25, -0.2) is 9.78 Å². The van der Waals surface area contributed by atoms with Gasteiger partial charge in [-0.1, -0.05) is 13.8 Å². The van der Waals surface area contributed by atoms with E-state index in [0.717, 1.165) is 31.9 Å². The molecule has 25 heavy (non-hydrogen) atoms. The quantitative estimate of drug-likeness (QED) is 0.839. The zero-order chi connectivity index (χ0) is 18.1. The van der Waals surface area contributed by atoms with Crippen molar-refractivity contribution in [3.05, 3.63) is 26.7 Å². The molecule has 7 heteroatoms. The van der Waals surface area contributed by atoms with Crippen LogP contribution in [-0.4, -0.2) is 31.3 Å². The van der Waals surface area contributed by atoms with Gasteiger partial charge in [-0.2, -0.15) is 0 Å². The Kier molecular flexibility index (Phi) is 5.13. The molecule has 0 amide bonds. The van der Waals surface area contributed by atoms with Crippen molar-refractivity contribution in [1.82, 2.24) is 18.7 Å². The van der Waals surface area contributed by atoms with Crippen molar-refractivity contribution in [2.24, 2.45) is 14.1 Å². The normalized spacial score (nSPS) is 21.1. The second-order valence-corrected chi connectivity index (χ2v) is 7.24. The van der Waals surface area contributed by atoms with Crippen LogP contribution in [0.15, 0.2) is 9.59 Å². The first-order valence-corrected chi connectivity index (χ1v) is 9.49. The average molecular weight is 348 g/mol. The van der Waals surface area contributed by atoms with Gasteiger partial charge in [0.05, 0.1) is 12.6 Å². The van der Waals surface area contributed by atoms with E-state index in [4.69, 9.17) is 4.98 Å². The highest BCUT2D eigenvalue weighted by Crippen LogP contribution is 2.13. The molecule has 0 radical (unpaired) electrons. The van der Waals surface area contributed by atoms with Crippen molar-refractivity contribution in [2.45, 2.75) is 65.1 Å². The summed E-state index contributed by atoms with van der Waals surface area (Å²) in [7, 11) is 3.23. The third kappa shape index (κ3) is 3.05. The molecule has 0 bridgehead atoms. The zero-order valence-electron chi connectivity index (χ0n) is 15.8. The molecule has 0 saturated carbocycles. The second kappa shape index (κ2) is 7.15. The van der Waals surface area contributed by atoms with Crippen LogP contribution in [0.25, 0.3) is 11.2 Å². The number of nitrogens with zero attached hydrogens (tertiary/aromatic N) is 4. The van der Waals surface area contributed by atoms with Gasteiger partial charge in [-0.05, 0) is 32.1 Å². The van der Waals surface area contributed by atoms with E-state index in [1.165, 1.54) is 41.9 Å². The van der Waals surface area contributed by atoms with Crippen LogP contribution >= 0.6 is 0 Å². The zero-order valence-corrected chi connectivity index (χ0v) is 15.8. The van der Waals surface area contributed by atoms with E-state index >= 15 is 0 Å². The van der Waals surface area contributed by atoms with Crippen molar-refractivity contribution in [1.29, 1.82) is 0 Å². The highest BCUT2D eigenvalue weighted by Gasteiger charge is 2.28. The van der Waals surface area contributed by atoms with E-state index in [-0.39, 0.29) is 11.2 Å². The summed E-state index contributed by atoms with van der Waals surface area (Å²) in [5.74, 6) is 0.936. The summed E-state index contributed by atoms with van der Waals surface area (Å²) in [6, 6.07) is 0.662. The molecule has 2 aromatic rings. The molecule has 1 aliphatic rings. The number of piperidine rings is 1. The molecule has 1 saturated heterocycles. The Hall–Kier alpha value is -1.89. The fraction of sp³-hybridized carbons (Fsp3) is 0.722. The predicted molar refractivity (Wildman–Crippen MR) is 98.0 cm³/mol. The number of nitrogens with one attached hydrogen (secondary N) is 1. The molecule has 2 atom stereocenters. The van der Waals surface area contributed by atoms with Crippen LogP contribution in [0.3, 0.4) is 0 Å². The van der Waals surface area contributed by atoms with Crippen LogP contribution in [0.1, 0.15) is 51.8 Å². The fourth-order valence-corrected chi connectivity index (χ4v) is 4.17. The summed E-state index contributed by atoms with van der Waals surface area (Å²) in [6.07, 6.45) is 5.92. The number of likely N-dealkylation sites (tertiary alicyclic amines) is 1. The lowest BCUT2D eigenvalue weighted by Crippen LogP contribution is -3.15. The third-order valence-corrected chi connectivity index (χ3v) is 5.63. The number of imidazole rings is 1. The van der Waals surface area contributed by atoms with Gasteiger partial charge in [0.15, 0.2) is 17.0 Å². The summed E-state index contributed by atoms with van der Waals surface area (Å²) in [5.41, 5.74) is 0.514. The van der Waals surface area contributed by atoms with Crippen LogP contribution in [0, 0.1) is 0 Å². The van der Waals surface area contributed by atoms with Gasteiger partial charge in [0.25, 0.3) is 5.56 Å². The Balaban J connectivity index is 2.13. The number of hydrogen-bond donors (Lipinski definition) is 1. The SMILES string of the molecule is CCCn1c(C[NH+]2CCCC[C@@H]2CC)nc2c1c(=O)n(C)c(=O)n2C. The van der Waals surface area contributed by atoms with Crippen LogP contribution in [0.2, 0.25) is 0 Å². The lowest BCUT2D eigenvalue weighted by Gasteiger charge is -2.31. The first kappa shape index (κ1) is 17.9. The van der Waals surface area contributed by atoms with E-state index in [9.17, 15) is 9.59 Å². The number of quaternary nitrogens is 1. The van der Waals surface area contributed by atoms with Crippen molar-refractivity contribution >= 4 is 11.2 Å². The first-order valence-electron chi connectivity index (χ1n) is 9.49. The summed E-state index contributed by atoms with van der Waals surface area (Å²) in [4.78, 5) is 31.3. The number of rotatable bonds is 5. The smallest absolute Gasteiger partial charge is 0.326 e. The van der Waals surface area contributed by atoms with Crippen molar-refractivity contribution in [2.75, 3.05) is 6.54 Å². The van der Waals surface area contributed by atoms with Gasteiger partial charge in [-0.15, -0.1) is 0 Å². The van der Waals surface area contributed by atoms with Crippen LogP contribution in [0.5, 0.6) is 0 Å². The van der Waals surface area contributed by atoms with Gasteiger partial charge < -0.3 is 9.47 Å². The number of aromatic nitrogens is 4. The lowest BCUT2D eigenvalue weighted by molar-refractivity contribution is -0.944. The molecule has 138 valence electrons. The van der Waals surface area contributed by atoms with E-state index in [2.05, 4.69) is 13.8 Å². The monoisotopic (exact) mass is 348 g/mol. The highest BCUT2D eigenvalue weighted by molar-refractivity contribution is 5.71. The molecule has 0 spiro atoms. The summed E-state index contributed by atoms with van der Waals surface area (Å²) in [5, 5.41) is 0. The molecule has 1 aliphatic heterocycles. The molecule has 3 rings (SSSR count). The molecule has 7 nitrogen and oxygen atoms in total. The highest BCUT2D eigenvalue weighted by atomic mass is 16.2. The standard InChI is InChI=1S/C18H29N5O2/c1-5-10-23-14(12-22-11-8-7-9-13(22)6-2)19-16-15(23)17(24)21(4)18(25)20(16)3/h13H,5-12H2,1-4H3/p+1/t13-/m0/s1. The van der Waals surface area contributed by atoms with Crippen LogP contribution < -0.4 is 16.1 Å². The molecule has 3 heterocycles. The lowest BCUT2D eigenvalue weighted by atomic mass is 10.0. The van der Waals surface area contributed by atoms with Gasteiger partial charge >= 0.3 is 5.69 Å². The Morgan fingerprint density at radius 3 is 2.60 bits per heavy atom. The first-order chi connectivity index (χ1) is 12.0. The van der Waals surface area contributed by atoms with E-state index in [1.807, 2.05) is 4.57 Å². The molecule has 1 N–H and O–H groups in total. The van der Waals surface area contributed by atoms with E-state index in [0.29, 0.717) is 17.2 Å². The van der Waals surface area contributed by atoms with Gasteiger partial charge in [0.1, 0.15) is 6.54 Å². The number of hydrogen-bond acceptors (Lipinski definition) is 3. The minimum Gasteiger partial charge on any atom is -0.326 e. The minimum absolute atomic E-state index is 0.244. The van der Waals surface area contributed by atoms with Gasteiger partial charge in [0.2, 0.25) is 0 Å². The van der Waals surface area contributed by atoms with E-state index in [1.54, 1.807) is 11.9 Å². The van der Waals surface area contributed by atoms with Crippen molar-refractivity contribution in [3.63, 3.8) is 0 Å². The average Bonchev–Trinajstić information content (AvgIpc) is 2.97. The summed E-state index contributed by atoms with van der Waals surface area (Å²) in [6.45, 7) is 7.09. The topological polar surface area (TPSA) is 66.3 Å². The largest absolute Gasteiger partial charge is 0.332 e. The summed E-state index contributed by atoms with van der Waals surface area (Å²) < 4.78 is 4.73. The number of aryl methyl sites for hydroxylation is 2. The van der Waals surface area contributed by atoms with Crippen molar-refractivity contribution in [3.8, 4) is 0 Å². The fourth-order valence-electron chi connectivity index (χ4n) is 4.17. The number of fused-ring (bicyclic) bond motifs is 1. The predicted octanol–water partition coefficient (Wildman–Crippen LogP) is 0.191. The molecule has 2 aromatic heterocycles.